The van der Waals surface area contributed by atoms with Crippen molar-refractivity contribution < 1.29 is 23.3 Å². The van der Waals surface area contributed by atoms with Gasteiger partial charge < -0.3 is 14.4 Å². The van der Waals surface area contributed by atoms with Gasteiger partial charge in [-0.3, -0.25) is 9.69 Å². The Morgan fingerprint density at radius 1 is 1.22 bits per heavy atom. The highest BCUT2D eigenvalue weighted by atomic mass is 32.2. The molecule has 3 heterocycles. The number of para-hydroxylation sites is 1. The molecular formula is C19H22N2O5S. The smallest absolute Gasteiger partial charge is 0.337 e. The molecule has 0 spiro atoms. The lowest BCUT2D eigenvalue weighted by Crippen LogP contribution is -2.45. The topological polar surface area (TPSA) is 76.2 Å². The van der Waals surface area contributed by atoms with Crippen molar-refractivity contribution in [3.63, 3.8) is 0 Å². The first-order valence-corrected chi connectivity index (χ1v) is 10.1. The summed E-state index contributed by atoms with van der Waals surface area (Å²) in [5, 5.41) is 0. The number of hydrogen-bond donors (Lipinski definition) is 0. The fourth-order valence-corrected chi connectivity index (χ4v) is 5.37. The van der Waals surface area contributed by atoms with Crippen LogP contribution < -0.4 is 4.90 Å². The number of ether oxygens (including phenoxy) is 2. The van der Waals surface area contributed by atoms with Crippen LogP contribution in [-0.2, 0) is 29.9 Å². The van der Waals surface area contributed by atoms with Gasteiger partial charge in [-0.1, -0.05) is 12.1 Å². The van der Waals surface area contributed by atoms with Crippen LogP contribution in [0.2, 0.25) is 0 Å². The van der Waals surface area contributed by atoms with Crippen molar-refractivity contribution >= 4 is 28.4 Å². The van der Waals surface area contributed by atoms with Crippen LogP contribution in [0.3, 0.4) is 0 Å². The summed E-state index contributed by atoms with van der Waals surface area (Å²) in [7, 11) is -1.57. The number of rotatable bonds is 2. The van der Waals surface area contributed by atoms with Gasteiger partial charge in [0.25, 0.3) is 0 Å². The van der Waals surface area contributed by atoms with E-state index in [0.29, 0.717) is 47.4 Å². The maximum absolute atomic E-state index is 13.3. The number of cyclic esters (lactones) is 1. The number of anilines is 1. The molecule has 3 aliphatic rings. The van der Waals surface area contributed by atoms with Crippen molar-refractivity contribution in [3.05, 3.63) is 34.7 Å². The SMILES string of the molecule is CC1(C)OC(=O)C2=C1S(=O)c1ccccc1N(C(=O)CN1CCOCC1)C2. The van der Waals surface area contributed by atoms with Crippen LogP contribution in [-0.4, -0.2) is 66.0 Å². The molecule has 0 N–H and O–H groups in total. The first kappa shape index (κ1) is 18.3. The lowest BCUT2D eigenvalue weighted by atomic mass is 10.1. The monoisotopic (exact) mass is 390 g/mol. The van der Waals surface area contributed by atoms with Crippen LogP contribution in [0, 0.1) is 0 Å². The van der Waals surface area contributed by atoms with Crippen LogP contribution in [0.4, 0.5) is 5.69 Å². The standard InChI is InChI=1S/C19H22N2O5S/c1-19(2)17-13(18(23)26-19)11-21(14-5-3-4-6-15(14)27(17)24)16(22)12-20-7-9-25-10-8-20/h3-6H,7-12H2,1-2H3. The van der Waals surface area contributed by atoms with Crippen molar-refractivity contribution in [2.24, 2.45) is 0 Å². The number of hydrogen-bond acceptors (Lipinski definition) is 6. The van der Waals surface area contributed by atoms with Crippen molar-refractivity contribution in [1.82, 2.24) is 4.90 Å². The fraction of sp³-hybridized carbons (Fsp3) is 0.474. The minimum absolute atomic E-state index is 0.0729. The molecule has 0 aromatic heterocycles. The van der Waals surface area contributed by atoms with Crippen molar-refractivity contribution in [3.8, 4) is 0 Å². The molecule has 1 atom stereocenters. The largest absolute Gasteiger partial charge is 0.451 e. The molecular weight excluding hydrogens is 368 g/mol. The molecule has 7 nitrogen and oxygen atoms in total. The Kier molecular flexibility index (Phi) is 4.65. The summed E-state index contributed by atoms with van der Waals surface area (Å²) in [6, 6.07) is 7.13. The molecule has 4 rings (SSSR count). The molecule has 1 aromatic carbocycles. The molecule has 0 saturated carbocycles. The maximum atomic E-state index is 13.3. The lowest BCUT2D eigenvalue weighted by molar-refractivity contribution is -0.144. The average molecular weight is 390 g/mol. The molecule has 0 radical (unpaired) electrons. The third-order valence-electron chi connectivity index (χ3n) is 5.04. The first-order chi connectivity index (χ1) is 12.9. The zero-order valence-electron chi connectivity index (χ0n) is 15.4. The molecule has 144 valence electrons. The van der Waals surface area contributed by atoms with E-state index in [2.05, 4.69) is 0 Å². The second-order valence-electron chi connectivity index (χ2n) is 7.31. The first-order valence-electron chi connectivity index (χ1n) is 8.97. The van der Waals surface area contributed by atoms with Gasteiger partial charge in [0, 0.05) is 13.1 Å². The number of benzene rings is 1. The number of carbonyl (C=O) groups is 2. The Morgan fingerprint density at radius 2 is 1.93 bits per heavy atom. The van der Waals surface area contributed by atoms with E-state index in [1.165, 1.54) is 0 Å². The normalized spacial score (nSPS) is 24.9. The second-order valence-corrected chi connectivity index (χ2v) is 8.70. The Bertz CT molecular complexity index is 857. The molecule has 3 aliphatic heterocycles. The molecule has 1 aromatic rings. The highest BCUT2D eigenvalue weighted by Gasteiger charge is 2.47. The summed E-state index contributed by atoms with van der Waals surface area (Å²) in [6.45, 7) is 6.35. The highest BCUT2D eigenvalue weighted by molar-refractivity contribution is 7.89. The predicted molar refractivity (Wildman–Crippen MR) is 99.7 cm³/mol. The van der Waals surface area contributed by atoms with Crippen molar-refractivity contribution in [1.29, 1.82) is 0 Å². The molecule has 1 saturated heterocycles. The van der Waals surface area contributed by atoms with Gasteiger partial charge in [0.15, 0.2) is 0 Å². The van der Waals surface area contributed by atoms with E-state index in [1.54, 1.807) is 36.9 Å². The summed E-state index contributed by atoms with van der Waals surface area (Å²) in [4.78, 5) is 30.2. The van der Waals surface area contributed by atoms with Crippen molar-refractivity contribution in [2.75, 3.05) is 44.3 Å². The van der Waals surface area contributed by atoms with E-state index >= 15 is 0 Å². The summed E-state index contributed by atoms with van der Waals surface area (Å²) in [5.41, 5.74) is -0.0369. The highest BCUT2D eigenvalue weighted by Crippen LogP contribution is 2.42. The second kappa shape index (κ2) is 6.85. The number of morpholine rings is 1. The Labute approximate surface area is 160 Å². The number of fused-ring (bicyclic) bond motifs is 1. The maximum Gasteiger partial charge on any atom is 0.337 e. The lowest BCUT2D eigenvalue weighted by Gasteiger charge is -2.30. The average Bonchev–Trinajstić information content (AvgIpc) is 2.78. The number of esters is 1. The van der Waals surface area contributed by atoms with Gasteiger partial charge in [-0.05, 0) is 26.0 Å². The Hall–Kier alpha value is -2.03. The van der Waals surface area contributed by atoms with Crippen LogP contribution in [0.15, 0.2) is 39.6 Å². The fourth-order valence-electron chi connectivity index (χ4n) is 3.72. The number of nitrogens with zero attached hydrogens (tertiary/aromatic N) is 2. The Balaban J connectivity index is 1.73. The summed E-state index contributed by atoms with van der Waals surface area (Å²) in [5.74, 6) is -0.632. The predicted octanol–water partition coefficient (Wildman–Crippen LogP) is 1.06. The van der Waals surface area contributed by atoms with Crippen LogP contribution in [0.5, 0.6) is 0 Å². The van der Waals surface area contributed by atoms with E-state index < -0.39 is 22.4 Å². The summed E-state index contributed by atoms with van der Waals surface area (Å²) >= 11 is 0. The summed E-state index contributed by atoms with van der Waals surface area (Å²) < 4.78 is 24.1. The summed E-state index contributed by atoms with van der Waals surface area (Å²) in [6.07, 6.45) is 0. The van der Waals surface area contributed by atoms with Gasteiger partial charge in [0.2, 0.25) is 5.91 Å². The van der Waals surface area contributed by atoms with E-state index in [4.69, 9.17) is 9.47 Å². The van der Waals surface area contributed by atoms with Crippen LogP contribution in [0.25, 0.3) is 0 Å². The molecule has 1 amide bonds. The van der Waals surface area contributed by atoms with Gasteiger partial charge in [0.05, 0.1) is 58.2 Å². The van der Waals surface area contributed by atoms with Gasteiger partial charge in [-0.25, -0.2) is 9.00 Å². The molecule has 0 bridgehead atoms. The third kappa shape index (κ3) is 3.22. The van der Waals surface area contributed by atoms with Crippen LogP contribution >= 0.6 is 0 Å². The van der Waals surface area contributed by atoms with Gasteiger partial charge in [-0.2, -0.15) is 0 Å². The van der Waals surface area contributed by atoms with Crippen LogP contribution in [0.1, 0.15) is 13.8 Å². The molecule has 27 heavy (non-hydrogen) atoms. The van der Waals surface area contributed by atoms with Gasteiger partial charge in [-0.15, -0.1) is 0 Å². The molecule has 1 unspecified atom stereocenters. The van der Waals surface area contributed by atoms with Gasteiger partial charge in [0.1, 0.15) is 5.60 Å². The number of amides is 1. The minimum atomic E-state index is -1.57. The van der Waals surface area contributed by atoms with E-state index in [-0.39, 0.29) is 19.0 Å². The number of carbonyl (C=O) groups excluding carboxylic acids is 2. The zero-order chi connectivity index (χ0) is 19.2. The van der Waals surface area contributed by atoms with Crippen molar-refractivity contribution in [2.45, 2.75) is 24.3 Å². The third-order valence-corrected chi connectivity index (χ3v) is 6.89. The van der Waals surface area contributed by atoms with E-state index in [0.717, 1.165) is 0 Å². The molecule has 8 heteroatoms. The van der Waals surface area contributed by atoms with E-state index in [1.807, 2.05) is 11.0 Å². The molecule has 0 aliphatic carbocycles. The Morgan fingerprint density at radius 3 is 2.67 bits per heavy atom. The van der Waals surface area contributed by atoms with E-state index in [9.17, 15) is 13.8 Å². The quantitative estimate of drug-likeness (QED) is 0.703. The zero-order valence-corrected chi connectivity index (χ0v) is 16.2. The molecule has 1 fully saturated rings. The van der Waals surface area contributed by atoms with Gasteiger partial charge >= 0.3 is 5.97 Å². The minimum Gasteiger partial charge on any atom is -0.451 e.